The van der Waals surface area contributed by atoms with E-state index in [0.717, 1.165) is 5.56 Å². The van der Waals surface area contributed by atoms with Gasteiger partial charge in [0.25, 0.3) is 0 Å². The quantitative estimate of drug-likeness (QED) is 0.799. The fourth-order valence-corrected chi connectivity index (χ4v) is 1.56. The minimum absolute atomic E-state index is 0.0850. The number of aromatic nitrogens is 2. The lowest BCUT2D eigenvalue weighted by atomic mass is 10.2. The van der Waals surface area contributed by atoms with Crippen molar-refractivity contribution in [2.75, 3.05) is 5.73 Å². The monoisotopic (exact) mass is 231 g/mol. The van der Waals surface area contributed by atoms with E-state index in [0.29, 0.717) is 12.1 Å². The van der Waals surface area contributed by atoms with E-state index >= 15 is 0 Å². The minimum atomic E-state index is -0.413. The van der Waals surface area contributed by atoms with E-state index in [1.807, 2.05) is 30.3 Å². The van der Waals surface area contributed by atoms with Crippen LogP contribution in [0.4, 0.5) is 5.82 Å². The highest BCUT2D eigenvalue weighted by Gasteiger charge is 2.05. The van der Waals surface area contributed by atoms with Gasteiger partial charge < -0.3 is 10.8 Å². The zero-order chi connectivity index (χ0) is 12.3. The first-order chi connectivity index (χ1) is 8.20. The van der Waals surface area contributed by atoms with Crippen molar-refractivity contribution in [3.63, 3.8) is 0 Å². The molecule has 0 aliphatic carbocycles. The molecule has 5 heteroatoms. The summed E-state index contributed by atoms with van der Waals surface area (Å²) in [6, 6.07) is 9.55. The van der Waals surface area contributed by atoms with Crippen molar-refractivity contribution in [2.24, 2.45) is 0 Å². The van der Waals surface area contributed by atoms with E-state index in [1.165, 1.54) is 10.8 Å². The molecule has 1 heterocycles. The van der Waals surface area contributed by atoms with Crippen LogP contribution < -0.4 is 11.4 Å². The van der Waals surface area contributed by atoms with Crippen LogP contribution in [0.15, 0.2) is 41.3 Å². The van der Waals surface area contributed by atoms with Gasteiger partial charge in [-0.3, -0.25) is 4.57 Å². The highest BCUT2D eigenvalue weighted by molar-refractivity contribution is 5.36. The number of aliphatic hydroxyl groups excluding tert-OH is 1. The first-order valence-corrected chi connectivity index (χ1v) is 5.21. The van der Waals surface area contributed by atoms with Crippen molar-refractivity contribution < 1.29 is 5.11 Å². The van der Waals surface area contributed by atoms with E-state index in [9.17, 15) is 4.79 Å². The van der Waals surface area contributed by atoms with Crippen LogP contribution in [0.1, 0.15) is 11.1 Å². The Balaban J connectivity index is 2.36. The summed E-state index contributed by atoms with van der Waals surface area (Å²) in [5.41, 5.74) is 6.55. The second-order valence-corrected chi connectivity index (χ2v) is 3.71. The maximum Gasteiger partial charge on any atom is 0.349 e. The summed E-state index contributed by atoms with van der Waals surface area (Å²) in [5, 5.41) is 9.06. The third-order valence-electron chi connectivity index (χ3n) is 2.47. The van der Waals surface area contributed by atoms with Crippen molar-refractivity contribution in [2.45, 2.75) is 13.2 Å². The molecule has 2 rings (SSSR count). The summed E-state index contributed by atoms with van der Waals surface area (Å²) in [4.78, 5) is 15.3. The largest absolute Gasteiger partial charge is 0.391 e. The van der Waals surface area contributed by atoms with E-state index in [4.69, 9.17) is 10.8 Å². The lowest BCUT2D eigenvalue weighted by Gasteiger charge is -2.08. The van der Waals surface area contributed by atoms with Crippen LogP contribution >= 0.6 is 0 Å². The number of hydrogen-bond donors (Lipinski definition) is 2. The summed E-state index contributed by atoms with van der Waals surface area (Å²) < 4.78 is 1.43. The Morgan fingerprint density at radius 1 is 1.29 bits per heavy atom. The molecule has 0 aliphatic rings. The SMILES string of the molecule is Nc1nc(=O)n(Cc2ccccc2)cc1CO. The van der Waals surface area contributed by atoms with Crippen LogP contribution in [0.3, 0.4) is 0 Å². The molecule has 0 atom stereocenters. The summed E-state index contributed by atoms with van der Waals surface area (Å²) in [5.74, 6) is 0.0850. The Morgan fingerprint density at radius 2 is 2.00 bits per heavy atom. The predicted octanol–water partition coefficient (Wildman–Crippen LogP) is 0.366. The van der Waals surface area contributed by atoms with Gasteiger partial charge in [0.05, 0.1) is 13.2 Å². The molecule has 0 unspecified atom stereocenters. The van der Waals surface area contributed by atoms with Crippen LogP contribution in [0.25, 0.3) is 0 Å². The third-order valence-corrected chi connectivity index (χ3v) is 2.47. The van der Waals surface area contributed by atoms with Crippen molar-refractivity contribution >= 4 is 5.82 Å². The summed E-state index contributed by atoms with van der Waals surface area (Å²) >= 11 is 0. The Hall–Kier alpha value is -2.14. The van der Waals surface area contributed by atoms with Crippen LogP contribution in [0.2, 0.25) is 0 Å². The minimum Gasteiger partial charge on any atom is -0.391 e. The van der Waals surface area contributed by atoms with Crippen molar-refractivity contribution in [3.8, 4) is 0 Å². The van der Waals surface area contributed by atoms with Gasteiger partial charge in [0, 0.05) is 11.8 Å². The first kappa shape index (κ1) is 11.3. The normalized spacial score (nSPS) is 10.4. The van der Waals surface area contributed by atoms with E-state index in [1.54, 1.807) is 0 Å². The van der Waals surface area contributed by atoms with E-state index < -0.39 is 5.69 Å². The number of rotatable bonds is 3. The number of benzene rings is 1. The molecular weight excluding hydrogens is 218 g/mol. The number of anilines is 1. The lowest BCUT2D eigenvalue weighted by Crippen LogP contribution is -2.25. The molecule has 0 bridgehead atoms. The number of nitrogens with zero attached hydrogens (tertiary/aromatic N) is 2. The molecule has 88 valence electrons. The summed E-state index contributed by atoms with van der Waals surface area (Å²) in [7, 11) is 0. The molecule has 2 aromatic rings. The Kier molecular flexibility index (Phi) is 3.20. The fourth-order valence-electron chi connectivity index (χ4n) is 1.56. The molecule has 17 heavy (non-hydrogen) atoms. The van der Waals surface area contributed by atoms with Crippen LogP contribution in [0, 0.1) is 0 Å². The molecule has 1 aromatic heterocycles. The van der Waals surface area contributed by atoms with Crippen molar-refractivity contribution in [3.05, 3.63) is 58.1 Å². The predicted molar refractivity (Wildman–Crippen MR) is 64.4 cm³/mol. The summed E-state index contributed by atoms with van der Waals surface area (Å²) in [6.45, 7) is 0.188. The molecule has 1 aromatic carbocycles. The van der Waals surface area contributed by atoms with Crippen molar-refractivity contribution in [1.29, 1.82) is 0 Å². The lowest BCUT2D eigenvalue weighted by molar-refractivity contribution is 0.281. The third kappa shape index (κ3) is 2.51. The van der Waals surface area contributed by atoms with E-state index in [2.05, 4.69) is 4.98 Å². The number of aliphatic hydroxyl groups is 1. The fraction of sp³-hybridized carbons (Fsp3) is 0.167. The number of hydrogen-bond acceptors (Lipinski definition) is 4. The highest BCUT2D eigenvalue weighted by atomic mass is 16.3. The molecule has 0 amide bonds. The summed E-state index contributed by atoms with van der Waals surface area (Å²) in [6.07, 6.45) is 1.54. The van der Waals surface area contributed by atoms with Gasteiger partial charge in [-0.1, -0.05) is 30.3 Å². The van der Waals surface area contributed by atoms with E-state index in [-0.39, 0.29) is 12.4 Å². The molecule has 0 aliphatic heterocycles. The smallest absolute Gasteiger partial charge is 0.349 e. The molecular formula is C12H13N3O2. The average Bonchev–Trinajstić information content (AvgIpc) is 2.34. The standard InChI is InChI=1S/C12H13N3O2/c13-11-10(8-16)7-15(12(17)14-11)6-9-4-2-1-3-5-9/h1-5,7,16H,6,8H2,(H2,13,14,17). The van der Waals surface area contributed by atoms with Gasteiger partial charge in [0.15, 0.2) is 0 Å². The van der Waals surface area contributed by atoms with Crippen LogP contribution in [0.5, 0.6) is 0 Å². The van der Waals surface area contributed by atoms with Gasteiger partial charge in [-0.2, -0.15) is 4.98 Å². The highest BCUT2D eigenvalue weighted by Crippen LogP contribution is 2.06. The molecule has 0 saturated carbocycles. The second kappa shape index (κ2) is 4.80. The molecule has 5 nitrogen and oxygen atoms in total. The Morgan fingerprint density at radius 3 is 2.65 bits per heavy atom. The Labute approximate surface area is 98.2 Å². The van der Waals surface area contributed by atoms with Gasteiger partial charge in [0.1, 0.15) is 5.82 Å². The van der Waals surface area contributed by atoms with Gasteiger partial charge >= 0.3 is 5.69 Å². The Bertz CT molecular complexity index is 564. The maximum atomic E-state index is 11.6. The zero-order valence-electron chi connectivity index (χ0n) is 9.21. The van der Waals surface area contributed by atoms with Gasteiger partial charge in [-0.05, 0) is 5.56 Å². The molecule has 0 fully saturated rings. The molecule has 3 N–H and O–H groups in total. The zero-order valence-corrected chi connectivity index (χ0v) is 9.21. The van der Waals surface area contributed by atoms with Gasteiger partial charge in [0.2, 0.25) is 0 Å². The van der Waals surface area contributed by atoms with Crippen LogP contribution in [-0.4, -0.2) is 14.7 Å². The second-order valence-electron chi connectivity index (χ2n) is 3.71. The maximum absolute atomic E-state index is 11.6. The topological polar surface area (TPSA) is 81.1 Å². The van der Waals surface area contributed by atoms with Crippen molar-refractivity contribution in [1.82, 2.24) is 9.55 Å². The molecule has 0 saturated heterocycles. The molecule has 0 spiro atoms. The molecule has 0 radical (unpaired) electrons. The number of nitrogens with two attached hydrogens (primary N) is 1. The van der Waals surface area contributed by atoms with Gasteiger partial charge in [-0.25, -0.2) is 4.79 Å². The van der Waals surface area contributed by atoms with Gasteiger partial charge in [-0.15, -0.1) is 0 Å². The van der Waals surface area contributed by atoms with Crippen LogP contribution in [-0.2, 0) is 13.2 Å². The number of nitrogen functional groups attached to an aromatic ring is 1. The first-order valence-electron chi connectivity index (χ1n) is 5.21. The average molecular weight is 231 g/mol.